The molecule has 0 aliphatic carbocycles. The van der Waals surface area contributed by atoms with Crippen molar-refractivity contribution in [3.05, 3.63) is 57.6 Å². The standard InChI is InChI=1S/C13H10ClN3O/c1-8-6-12-11(7-15-8)13(18)17(16-12)10-4-2-9(14)3-5-10/h2-7,16H,1H3. The van der Waals surface area contributed by atoms with E-state index in [-0.39, 0.29) is 5.56 Å². The molecule has 1 aromatic carbocycles. The molecule has 5 heteroatoms. The maximum atomic E-state index is 12.2. The van der Waals surface area contributed by atoms with Gasteiger partial charge in [0.05, 0.1) is 16.6 Å². The summed E-state index contributed by atoms with van der Waals surface area (Å²) in [6, 6.07) is 8.93. The number of aromatic nitrogens is 3. The van der Waals surface area contributed by atoms with Crippen LogP contribution in [0.2, 0.25) is 5.02 Å². The Balaban J connectivity index is 2.27. The van der Waals surface area contributed by atoms with E-state index in [1.165, 1.54) is 4.68 Å². The highest BCUT2D eigenvalue weighted by molar-refractivity contribution is 6.30. The maximum absolute atomic E-state index is 12.2. The van der Waals surface area contributed by atoms with Crippen molar-refractivity contribution in [2.45, 2.75) is 6.92 Å². The van der Waals surface area contributed by atoms with Crippen LogP contribution in [0.4, 0.5) is 0 Å². The van der Waals surface area contributed by atoms with Gasteiger partial charge in [-0.15, -0.1) is 0 Å². The fraction of sp³-hybridized carbons (Fsp3) is 0.0769. The molecule has 90 valence electrons. The topological polar surface area (TPSA) is 50.7 Å². The quantitative estimate of drug-likeness (QED) is 0.730. The van der Waals surface area contributed by atoms with Crippen LogP contribution in [0.1, 0.15) is 5.69 Å². The third kappa shape index (κ3) is 1.71. The summed E-state index contributed by atoms with van der Waals surface area (Å²) in [4.78, 5) is 16.3. The molecular formula is C13H10ClN3O. The number of fused-ring (bicyclic) bond motifs is 1. The van der Waals surface area contributed by atoms with Crippen LogP contribution in [-0.2, 0) is 0 Å². The molecule has 18 heavy (non-hydrogen) atoms. The van der Waals surface area contributed by atoms with Crippen molar-refractivity contribution in [2.24, 2.45) is 0 Å². The Hall–Kier alpha value is -2.07. The molecule has 2 aromatic heterocycles. The van der Waals surface area contributed by atoms with E-state index < -0.39 is 0 Å². The van der Waals surface area contributed by atoms with Gasteiger partial charge in [0.1, 0.15) is 0 Å². The molecule has 0 atom stereocenters. The number of nitrogens with one attached hydrogen (secondary N) is 1. The van der Waals surface area contributed by atoms with E-state index in [1.54, 1.807) is 30.5 Å². The van der Waals surface area contributed by atoms with E-state index in [0.717, 1.165) is 16.9 Å². The molecule has 3 aromatic rings. The lowest BCUT2D eigenvalue weighted by Crippen LogP contribution is -2.14. The van der Waals surface area contributed by atoms with Gasteiger partial charge >= 0.3 is 0 Å². The first-order valence-corrected chi connectivity index (χ1v) is 5.86. The number of pyridine rings is 1. The smallest absolute Gasteiger partial charge is 0.280 e. The first-order chi connectivity index (χ1) is 8.65. The number of aryl methyl sites for hydroxylation is 1. The molecule has 0 aliphatic heterocycles. The molecule has 0 saturated carbocycles. The SMILES string of the molecule is Cc1cc2[nH]n(-c3ccc(Cl)cc3)c(=O)c2cn1. The van der Waals surface area contributed by atoms with Crippen molar-refractivity contribution < 1.29 is 0 Å². The van der Waals surface area contributed by atoms with E-state index in [1.807, 2.05) is 13.0 Å². The second-order valence-electron chi connectivity index (χ2n) is 4.10. The van der Waals surface area contributed by atoms with Gasteiger partial charge < -0.3 is 0 Å². The van der Waals surface area contributed by atoms with Crippen LogP contribution < -0.4 is 5.56 Å². The summed E-state index contributed by atoms with van der Waals surface area (Å²) in [6.45, 7) is 1.89. The Kier molecular flexibility index (Phi) is 2.45. The molecule has 3 rings (SSSR count). The second kappa shape index (κ2) is 3.99. The predicted molar refractivity (Wildman–Crippen MR) is 71.4 cm³/mol. The highest BCUT2D eigenvalue weighted by Crippen LogP contribution is 2.14. The van der Waals surface area contributed by atoms with Crippen molar-refractivity contribution in [1.82, 2.24) is 14.8 Å². The maximum Gasteiger partial charge on any atom is 0.280 e. The van der Waals surface area contributed by atoms with E-state index in [9.17, 15) is 4.79 Å². The lowest BCUT2D eigenvalue weighted by atomic mass is 10.3. The van der Waals surface area contributed by atoms with Crippen molar-refractivity contribution in [3.63, 3.8) is 0 Å². The minimum Gasteiger partial charge on any atom is -0.290 e. The number of rotatable bonds is 1. The summed E-state index contributed by atoms with van der Waals surface area (Å²) in [7, 11) is 0. The summed E-state index contributed by atoms with van der Waals surface area (Å²) >= 11 is 5.83. The average molecular weight is 260 g/mol. The van der Waals surface area contributed by atoms with Gasteiger partial charge in [0.25, 0.3) is 5.56 Å². The van der Waals surface area contributed by atoms with Crippen molar-refractivity contribution in [2.75, 3.05) is 0 Å². The summed E-state index contributed by atoms with van der Waals surface area (Å²) in [6.07, 6.45) is 1.59. The fourth-order valence-electron chi connectivity index (χ4n) is 1.89. The van der Waals surface area contributed by atoms with Gasteiger partial charge in [-0.2, -0.15) is 0 Å². The highest BCUT2D eigenvalue weighted by atomic mass is 35.5. The zero-order valence-corrected chi connectivity index (χ0v) is 10.4. The van der Waals surface area contributed by atoms with Crippen LogP contribution in [0.15, 0.2) is 41.3 Å². The van der Waals surface area contributed by atoms with E-state index in [4.69, 9.17) is 11.6 Å². The molecule has 0 spiro atoms. The van der Waals surface area contributed by atoms with Crippen LogP contribution in [0, 0.1) is 6.92 Å². The zero-order valence-electron chi connectivity index (χ0n) is 9.64. The number of halogens is 1. The number of hydrogen-bond acceptors (Lipinski definition) is 2. The summed E-state index contributed by atoms with van der Waals surface area (Å²) in [5.41, 5.74) is 2.28. The normalized spacial score (nSPS) is 11.0. The first kappa shape index (κ1) is 11.0. The molecule has 1 N–H and O–H groups in total. The van der Waals surface area contributed by atoms with Gasteiger partial charge in [0, 0.05) is 16.9 Å². The molecule has 4 nitrogen and oxygen atoms in total. The van der Waals surface area contributed by atoms with Gasteiger partial charge in [0.2, 0.25) is 0 Å². The lowest BCUT2D eigenvalue weighted by Gasteiger charge is -2.00. The fourth-order valence-corrected chi connectivity index (χ4v) is 2.01. The van der Waals surface area contributed by atoms with Crippen LogP contribution in [0.5, 0.6) is 0 Å². The molecule has 0 aliphatic rings. The monoisotopic (exact) mass is 259 g/mol. The zero-order chi connectivity index (χ0) is 12.7. The molecule has 0 bridgehead atoms. The van der Waals surface area contributed by atoms with Crippen molar-refractivity contribution >= 4 is 22.5 Å². The molecule has 0 unspecified atom stereocenters. The molecule has 0 saturated heterocycles. The second-order valence-corrected chi connectivity index (χ2v) is 4.54. The Morgan fingerprint density at radius 3 is 2.72 bits per heavy atom. The molecule has 0 fully saturated rings. The lowest BCUT2D eigenvalue weighted by molar-refractivity contribution is 0.863. The Morgan fingerprint density at radius 1 is 1.28 bits per heavy atom. The highest BCUT2D eigenvalue weighted by Gasteiger charge is 2.08. The Labute approximate surface area is 108 Å². The largest absolute Gasteiger partial charge is 0.290 e. The van der Waals surface area contributed by atoms with Crippen LogP contribution in [0.3, 0.4) is 0 Å². The van der Waals surface area contributed by atoms with Gasteiger partial charge in [-0.3, -0.25) is 14.9 Å². The van der Waals surface area contributed by atoms with Crippen LogP contribution >= 0.6 is 11.6 Å². The van der Waals surface area contributed by atoms with Gasteiger partial charge in [-0.05, 0) is 37.3 Å². The van der Waals surface area contributed by atoms with Crippen molar-refractivity contribution in [1.29, 1.82) is 0 Å². The number of nitrogens with zero attached hydrogens (tertiary/aromatic N) is 2. The molecule has 0 radical (unpaired) electrons. The minimum atomic E-state index is -0.111. The summed E-state index contributed by atoms with van der Waals surface area (Å²) < 4.78 is 1.49. The van der Waals surface area contributed by atoms with Crippen LogP contribution in [0.25, 0.3) is 16.6 Å². The number of aromatic amines is 1. The molecule has 2 heterocycles. The Morgan fingerprint density at radius 2 is 2.00 bits per heavy atom. The van der Waals surface area contributed by atoms with Gasteiger partial charge in [-0.25, -0.2) is 4.68 Å². The first-order valence-electron chi connectivity index (χ1n) is 5.48. The molecule has 0 amide bonds. The Bertz CT molecular complexity index is 771. The average Bonchev–Trinajstić information content (AvgIpc) is 2.67. The van der Waals surface area contributed by atoms with Gasteiger partial charge in [-0.1, -0.05) is 11.6 Å². The van der Waals surface area contributed by atoms with E-state index in [2.05, 4.69) is 10.1 Å². The predicted octanol–water partition coefficient (Wildman–Crippen LogP) is 2.68. The third-order valence-electron chi connectivity index (χ3n) is 2.79. The number of H-pyrrole nitrogens is 1. The number of benzene rings is 1. The van der Waals surface area contributed by atoms with Gasteiger partial charge in [0.15, 0.2) is 0 Å². The van der Waals surface area contributed by atoms with E-state index >= 15 is 0 Å². The van der Waals surface area contributed by atoms with Crippen LogP contribution in [-0.4, -0.2) is 14.8 Å². The van der Waals surface area contributed by atoms with E-state index in [0.29, 0.717) is 10.4 Å². The number of hydrogen-bond donors (Lipinski definition) is 1. The van der Waals surface area contributed by atoms with Crippen molar-refractivity contribution in [3.8, 4) is 5.69 Å². The molecular weight excluding hydrogens is 250 g/mol. The summed E-state index contributed by atoms with van der Waals surface area (Å²) in [5, 5.41) is 4.28. The minimum absolute atomic E-state index is 0.111. The third-order valence-corrected chi connectivity index (χ3v) is 3.04. The summed E-state index contributed by atoms with van der Waals surface area (Å²) in [5.74, 6) is 0.